The van der Waals surface area contributed by atoms with E-state index < -0.39 is 4.92 Å². The van der Waals surface area contributed by atoms with Gasteiger partial charge in [-0.25, -0.2) is 4.98 Å². The number of rotatable bonds is 2. The molecule has 0 N–H and O–H groups in total. The number of benzene rings is 1. The number of nitro groups is 1. The molecule has 98 valence electrons. The summed E-state index contributed by atoms with van der Waals surface area (Å²) in [5.41, 5.74) is 1.57. The Balaban J connectivity index is 2.36. The molecule has 0 saturated carbocycles. The summed E-state index contributed by atoms with van der Waals surface area (Å²) in [6.45, 7) is 0. The van der Waals surface area contributed by atoms with Crippen LogP contribution in [-0.2, 0) is 0 Å². The van der Waals surface area contributed by atoms with Crippen molar-refractivity contribution in [3.05, 3.63) is 63.9 Å². The number of halogens is 1. The summed E-state index contributed by atoms with van der Waals surface area (Å²) in [7, 11) is 0. The normalized spacial score (nSPS) is 10.7. The van der Waals surface area contributed by atoms with Gasteiger partial charge in [0.05, 0.1) is 10.4 Å². The van der Waals surface area contributed by atoms with Crippen LogP contribution < -0.4 is 0 Å². The number of fused-ring (bicyclic) bond motifs is 1. The van der Waals surface area contributed by atoms with Crippen molar-refractivity contribution in [2.45, 2.75) is 0 Å². The molecule has 2 aromatic heterocycles. The Labute approximate surface area is 119 Å². The molecule has 6 heteroatoms. The lowest BCUT2D eigenvalue weighted by molar-refractivity contribution is -0.384. The fraction of sp³-hybridized carbons (Fsp3) is 0. The van der Waals surface area contributed by atoms with Gasteiger partial charge in [-0.15, -0.1) is 0 Å². The molecule has 0 saturated heterocycles. The van der Waals surface area contributed by atoms with E-state index in [1.165, 1.54) is 12.1 Å². The zero-order chi connectivity index (χ0) is 14.1. The Morgan fingerprint density at radius 1 is 1.10 bits per heavy atom. The summed E-state index contributed by atoms with van der Waals surface area (Å²) < 4.78 is 0. The lowest BCUT2D eigenvalue weighted by Crippen LogP contribution is -1.95. The topological polar surface area (TPSA) is 68.9 Å². The minimum absolute atomic E-state index is 0.0780. The first-order valence-corrected chi connectivity index (χ1v) is 6.19. The van der Waals surface area contributed by atoms with E-state index in [1.807, 2.05) is 12.1 Å². The third-order valence-corrected chi connectivity index (χ3v) is 3.15. The van der Waals surface area contributed by atoms with Gasteiger partial charge >= 0.3 is 0 Å². The van der Waals surface area contributed by atoms with Crippen LogP contribution in [0.4, 0.5) is 5.69 Å². The standard InChI is InChI=1S/C14H8ClN3O2/c15-13-7-6-12(18(19)20)14(17-13)10-3-1-5-11-9(10)4-2-8-16-11/h1-8H. The molecule has 3 aromatic rings. The van der Waals surface area contributed by atoms with E-state index in [1.54, 1.807) is 24.4 Å². The molecule has 0 unspecified atom stereocenters. The Hall–Kier alpha value is -2.53. The average molecular weight is 286 g/mol. The summed E-state index contributed by atoms with van der Waals surface area (Å²) >= 11 is 5.87. The van der Waals surface area contributed by atoms with E-state index in [0.717, 1.165) is 10.9 Å². The molecule has 1 aromatic carbocycles. The highest BCUT2D eigenvalue weighted by molar-refractivity contribution is 6.29. The highest BCUT2D eigenvalue weighted by atomic mass is 35.5. The Kier molecular flexibility index (Phi) is 3.04. The molecule has 0 spiro atoms. The lowest BCUT2D eigenvalue weighted by Gasteiger charge is -2.06. The van der Waals surface area contributed by atoms with Crippen molar-refractivity contribution in [1.82, 2.24) is 9.97 Å². The first-order valence-electron chi connectivity index (χ1n) is 5.82. The highest BCUT2D eigenvalue weighted by Gasteiger charge is 2.19. The molecule has 0 fully saturated rings. The maximum absolute atomic E-state index is 11.1. The van der Waals surface area contributed by atoms with Crippen molar-refractivity contribution in [3.63, 3.8) is 0 Å². The third-order valence-electron chi connectivity index (χ3n) is 2.94. The molecule has 3 rings (SSSR count). The fourth-order valence-corrected chi connectivity index (χ4v) is 2.23. The monoisotopic (exact) mass is 285 g/mol. The molecule has 0 amide bonds. The van der Waals surface area contributed by atoms with E-state index in [-0.39, 0.29) is 16.5 Å². The van der Waals surface area contributed by atoms with E-state index in [4.69, 9.17) is 11.6 Å². The van der Waals surface area contributed by atoms with E-state index >= 15 is 0 Å². The summed E-state index contributed by atoms with van der Waals surface area (Å²) in [5, 5.41) is 12.2. The van der Waals surface area contributed by atoms with E-state index in [9.17, 15) is 10.1 Å². The molecule has 0 aliphatic heterocycles. The van der Waals surface area contributed by atoms with Crippen molar-refractivity contribution in [2.24, 2.45) is 0 Å². The SMILES string of the molecule is O=[N+]([O-])c1ccc(Cl)nc1-c1cccc2ncccc12. The average Bonchev–Trinajstić information content (AvgIpc) is 2.46. The zero-order valence-electron chi connectivity index (χ0n) is 10.2. The summed E-state index contributed by atoms with van der Waals surface area (Å²) in [6.07, 6.45) is 1.67. The van der Waals surface area contributed by atoms with E-state index in [0.29, 0.717) is 5.56 Å². The second-order valence-corrected chi connectivity index (χ2v) is 4.52. The van der Waals surface area contributed by atoms with Crippen LogP contribution in [0.1, 0.15) is 0 Å². The Bertz CT molecular complexity index is 815. The van der Waals surface area contributed by atoms with Crippen LogP contribution in [0, 0.1) is 10.1 Å². The smallest absolute Gasteiger partial charge is 0.258 e. The Morgan fingerprint density at radius 3 is 2.75 bits per heavy atom. The highest BCUT2D eigenvalue weighted by Crippen LogP contribution is 2.33. The molecule has 0 atom stereocenters. The molecular formula is C14H8ClN3O2. The summed E-state index contributed by atoms with van der Waals surface area (Å²) in [6, 6.07) is 11.8. The second kappa shape index (κ2) is 4.86. The predicted octanol–water partition coefficient (Wildman–Crippen LogP) is 3.86. The van der Waals surface area contributed by atoms with Gasteiger partial charge in [0, 0.05) is 23.2 Å². The van der Waals surface area contributed by atoms with Gasteiger partial charge in [-0.1, -0.05) is 29.8 Å². The number of pyridine rings is 2. The van der Waals surface area contributed by atoms with Gasteiger partial charge in [0.15, 0.2) is 5.69 Å². The van der Waals surface area contributed by atoms with Crippen molar-refractivity contribution >= 4 is 28.2 Å². The number of hydrogen-bond acceptors (Lipinski definition) is 4. The van der Waals surface area contributed by atoms with Crippen molar-refractivity contribution in [3.8, 4) is 11.3 Å². The largest absolute Gasteiger partial charge is 0.295 e. The first kappa shape index (κ1) is 12.5. The van der Waals surface area contributed by atoms with Gasteiger partial charge in [0.1, 0.15) is 5.15 Å². The maximum atomic E-state index is 11.1. The van der Waals surface area contributed by atoms with Gasteiger partial charge in [0.2, 0.25) is 0 Å². The van der Waals surface area contributed by atoms with Gasteiger partial charge in [-0.3, -0.25) is 15.1 Å². The van der Waals surface area contributed by atoms with Crippen LogP contribution in [0.3, 0.4) is 0 Å². The molecule has 20 heavy (non-hydrogen) atoms. The Morgan fingerprint density at radius 2 is 1.95 bits per heavy atom. The van der Waals surface area contributed by atoms with Crippen LogP contribution in [0.5, 0.6) is 0 Å². The molecule has 0 aliphatic carbocycles. The zero-order valence-corrected chi connectivity index (χ0v) is 10.9. The maximum Gasteiger partial charge on any atom is 0.295 e. The summed E-state index contributed by atoms with van der Waals surface area (Å²) in [4.78, 5) is 19.0. The third kappa shape index (κ3) is 2.08. The van der Waals surface area contributed by atoms with Crippen LogP contribution >= 0.6 is 11.6 Å². The van der Waals surface area contributed by atoms with Crippen LogP contribution in [-0.4, -0.2) is 14.9 Å². The molecule has 0 bridgehead atoms. The fourth-order valence-electron chi connectivity index (χ4n) is 2.08. The van der Waals surface area contributed by atoms with Crippen LogP contribution in [0.15, 0.2) is 48.7 Å². The first-order chi connectivity index (χ1) is 9.66. The number of aromatic nitrogens is 2. The van der Waals surface area contributed by atoms with Crippen LogP contribution in [0.2, 0.25) is 5.15 Å². The van der Waals surface area contributed by atoms with Gasteiger partial charge in [0.25, 0.3) is 5.69 Å². The van der Waals surface area contributed by atoms with Crippen molar-refractivity contribution in [1.29, 1.82) is 0 Å². The minimum Gasteiger partial charge on any atom is -0.258 e. The number of nitrogens with zero attached hydrogens (tertiary/aromatic N) is 3. The summed E-state index contributed by atoms with van der Waals surface area (Å²) in [5.74, 6) is 0. The molecular weight excluding hydrogens is 278 g/mol. The molecule has 0 aliphatic rings. The number of hydrogen-bond donors (Lipinski definition) is 0. The molecule has 2 heterocycles. The van der Waals surface area contributed by atoms with Gasteiger partial charge in [-0.2, -0.15) is 0 Å². The quantitative estimate of drug-likeness (QED) is 0.407. The van der Waals surface area contributed by atoms with Crippen molar-refractivity contribution < 1.29 is 4.92 Å². The van der Waals surface area contributed by atoms with Crippen molar-refractivity contribution in [2.75, 3.05) is 0 Å². The van der Waals surface area contributed by atoms with Crippen LogP contribution in [0.25, 0.3) is 22.2 Å². The lowest BCUT2D eigenvalue weighted by atomic mass is 10.0. The second-order valence-electron chi connectivity index (χ2n) is 4.13. The molecule has 0 radical (unpaired) electrons. The minimum atomic E-state index is -0.464. The van der Waals surface area contributed by atoms with Gasteiger partial charge in [-0.05, 0) is 18.2 Å². The van der Waals surface area contributed by atoms with Gasteiger partial charge < -0.3 is 0 Å². The predicted molar refractivity (Wildman–Crippen MR) is 76.6 cm³/mol. The van der Waals surface area contributed by atoms with E-state index in [2.05, 4.69) is 9.97 Å². The molecule has 5 nitrogen and oxygen atoms in total.